The maximum Gasteiger partial charge on any atom is 1.00 e. The van der Waals surface area contributed by atoms with Gasteiger partial charge < -0.3 is 15.6 Å². The van der Waals surface area contributed by atoms with Crippen LogP contribution in [0.15, 0.2) is 29.2 Å². The van der Waals surface area contributed by atoms with E-state index in [0.29, 0.717) is 5.69 Å². The third-order valence-electron chi connectivity index (χ3n) is 2.20. The van der Waals surface area contributed by atoms with Crippen LogP contribution in [0.4, 0.5) is 17.3 Å². The number of halogens is 2. The predicted octanol–water partition coefficient (Wildman–Crippen LogP) is -0.983. The maximum atomic E-state index is 10.9. The molecule has 1 aromatic heterocycles. The second-order valence-corrected chi connectivity index (χ2v) is 5.79. The molecule has 2 rings (SSSR count). The van der Waals surface area contributed by atoms with Crippen LogP contribution in [0.2, 0.25) is 10.3 Å². The molecule has 0 aliphatic heterocycles. The first-order valence-electron chi connectivity index (χ1n) is 5.08. The Morgan fingerprint density at radius 2 is 1.71 bits per heavy atom. The Labute approximate surface area is 152 Å². The molecule has 21 heavy (non-hydrogen) atoms. The standard InChI is InChI=1S/C10H8Cl2N4O3S.Na/c11-8-4-9(12)16-10(15-8)14-5-1-2-7(6(13)3-5)20(17,18)19;/h1-4H,13H2,(H,14,15,16)(H,17,18,19);/q;+1/p-1. The summed E-state index contributed by atoms with van der Waals surface area (Å²) < 4.78 is 32.7. The Kier molecular flexibility index (Phi) is 6.23. The zero-order valence-electron chi connectivity index (χ0n) is 10.7. The zero-order valence-corrected chi connectivity index (χ0v) is 15.0. The van der Waals surface area contributed by atoms with Gasteiger partial charge in [-0.15, -0.1) is 0 Å². The average molecular weight is 357 g/mol. The van der Waals surface area contributed by atoms with Gasteiger partial charge in [-0.2, -0.15) is 0 Å². The molecule has 0 unspecified atom stereocenters. The Morgan fingerprint density at radius 3 is 2.19 bits per heavy atom. The number of nitrogens with one attached hydrogen (secondary N) is 1. The van der Waals surface area contributed by atoms with Crippen molar-refractivity contribution in [1.29, 1.82) is 0 Å². The van der Waals surface area contributed by atoms with E-state index in [1.807, 2.05) is 0 Å². The molecule has 106 valence electrons. The number of anilines is 3. The van der Waals surface area contributed by atoms with E-state index in [1.165, 1.54) is 18.2 Å². The molecule has 0 fully saturated rings. The Bertz CT molecular complexity index is 753. The van der Waals surface area contributed by atoms with Crippen molar-refractivity contribution in [2.75, 3.05) is 11.1 Å². The summed E-state index contributed by atoms with van der Waals surface area (Å²) in [6.45, 7) is 0. The van der Waals surface area contributed by atoms with Gasteiger partial charge >= 0.3 is 29.6 Å². The van der Waals surface area contributed by atoms with Crippen LogP contribution in [-0.4, -0.2) is 22.9 Å². The van der Waals surface area contributed by atoms with Gasteiger partial charge in [0.2, 0.25) is 5.95 Å². The minimum absolute atomic E-state index is 0. The predicted molar refractivity (Wildman–Crippen MR) is 74.2 cm³/mol. The van der Waals surface area contributed by atoms with Gasteiger partial charge in [0.25, 0.3) is 0 Å². The molecule has 11 heteroatoms. The van der Waals surface area contributed by atoms with Crippen LogP contribution in [-0.2, 0) is 10.1 Å². The van der Waals surface area contributed by atoms with E-state index in [-0.39, 0.29) is 51.5 Å². The van der Waals surface area contributed by atoms with Gasteiger partial charge in [0.05, 0.1) is 10.6 Å². The average Bonchev–Trinajstić information content (AvgIpc) is 2.25. The van der Waals surface area contributed by atoms with E-state index < -0.39 is 15.0 Å². The molecule has 0 bridgehead atoms. The fourth-order valence-corrected chi connectivity index (χ4v) is 2.43. The summed E-state index contributed by atoms with van der Waals surface area (Å²) in [6, 6.07) is 5.06. The van der Waals surface area contributed by atoms with Gasteiger partial charge in [-0.05, 0) is 18.2 Å². The molecule has 1 aromatic carbocycles. The Morgan fingerprint density at radius 1 is 1.14 bits per heavy atom. The van der Waals surface area contributed by atoms with Gasteiger partial charge in [0.15, 0.2) is 0 Å². The number of nitrogens with two attached hydrogens (primary N) is 1. The molecule has 3 N–H and O–H groups in total. The van der Waals surface area contributed by atoms with Crippen LogP contribution in [0.25, 0.3) is 0 Å². The van der Waals surface area contributed by atoms with Gasteiger partial charge in [-0.25, -0.2) is 18.4 Å². The summed E-state index contributed by atoms with van der Waals surface area (Å²) in [4.78, 5) is 7.24. The number of rotatable bonds is 3. The van der Waals surface area contributed by atoms with Gasteiger partial charge in [0.1, 0.15) is 20.4 Å². The first-order chi connectivity index (χ1) is 9.25. The van der Waals surface area contributed by atoms with Crippen molar-refractivity contribution in [3.63, 3.8) is 0 Å². The second kappa shape index (κ2) is 7.10. The van der Waals surface area contributed by atoms with E-state index in [0.717, 1.165) is 6.07 Å². The SMILES string of the molecule is Nc1cc(Nc2nc(Cl)cc(Cl)n2)ccc1S(=O)(=O)[O-].[Na+]. The van der Waals surface area contributed by atoms with Crippen LogP contribution in [0.1, 0.15) is 0 Å². The normalized spacial score (nSPS) is 10.8. The monoisotopic (exact) mass is 356 g/mol. The quantitative estimate of drug-likeness (QED) is 0.313. The molecule has 0 amide bonds. The van der Waals surface area contributed by atoms with Crippen LogP contribution in [0.3, 0.4) is 0 Å². The topological polar surface area (TPSA) is 121 Å². The van der Waals surface area contributed by atoms with Crippen molar-refractivity contribution in [3.8, 4) is 0 Å². The first-order valence-corrected chi connectivity index (χ1v) is 7.24. The third-order valence-corrected chi connectivity index (χ3v) is 3.50. The summed E-state index contributed by atoms with van der Waals surface area (Å²) in [5.41, 5.74) is 5.71. The van der Waals surface area contributed by atoms with E-state index >= 15 is 0 Å². The van der Waals surface area contributed by atoms with Gasteiger partial charge in [-0.1, -0.05) is 23.2 Å². The number of nitrogen functional groups attached to an aromatic ring is 1. The van der Waals surface area contributed by atoms with Crippen molar-refractivity contribution < 1.29 is 42.5 Å². The van der Waals surface area contributed by atoms with Crippen molar-refractivity contribution in [2.45, 2.75) is 4.90 Å². The van der Waals surface area contributed by atoms with E-state index in [1.54, 1.807) is 0 Å². The molecular weight excluding hydrogens is 350 g/mol. The minimum Gasteiger partial charge on any atom is -0.744 e. The van der Waals surface area contributed by atoms with Crippen LogP contribution in [0.5, 0.6) is 0 Å². The number of hydrogen-bond donors (Lipinski definition) is 2. The fourth-order valence-electron chi connectivity index (χ4n) is 1.43. The van der Waals surface area contributed by atoms with Gasteiger partial charge in [0, 0.05) is 11.8 Å². The number of aromatic nitrogens is 2. The van der Waals surface area contributed by atoms with Crippen LogP contribution < -0.4 is 40.6 Å². The minimum atomic E-state index is -4.61. The summed E-state index contributed by atoms with van der Waals surface area (Å²) in [5, 5.41) is 3.01. The van der Waals surface area contributed by atoms with Crippen LogP contribution in [0, 0.1) is 0 Å². The molecule has 7 nitrogen and oxygen atoms in total. The van der Waals surface area contributed by atoms with E-state index in [9.17, 15) is 13.0 Å². The summed E-state index contributed by atoms with van der Waals surface area (Å²) >= 11 is 11.4. The molecule has 0 aliphatic rings. The second-order valence-electron chi connectivity index (χ2n) is 3.67. The molecule has 1 heterocycles. The number of nitrogens with zero attached hydrogens (tertiary/aromatic N) is 2. The summed E-state index contributed by atoms with van der Waals surface area (Å²) in [7, 11) is -4.61. The molecule has 0 saturated carbocycles. The maximum absolute atomic E-state index is 10.9. The molecule has 0 aliphatic carbocycles. The third kappa shape index (κ3) is 4.96. The molecule has 0 spiro atoms. The van der Waals surface area contributed by atoms with E-state index in [4.69, 9.17) is 28.9 Å². The van der Waals surface area contributed by atoms with Crippen molar-refractivity contribution in [1.82, 2.24) is 9.97 Å². The Balaban J connectivity index is 0.00000220. The molecule has 0 radical (unpaired) electrons. The van der Waals surface area contributed by atoms with E-state index in [2.05, 4.69) is 15.3 Å². The van der Waals surface area contributed by atoms with Crippen molar-refractivity contribution >= 4 is 50.6 Å². The number of benzene rings is 1. The first kappa shape index (κ1) is 18.4. The smallest absolute Gasteiger partial charge is 0.744 e. The number of hydrogen-bond acceptors (Lipinski definition) is 7. The zero-order chi connectivity index (χ0) is 14.9. The summed E-state index contributed by atoms with van der Waals surface area (Å²) in [6.07, 6.45) is 0. The van der Waals surface area contributed by atoms with Crippen molar-refractivity contribution in [2.24, 2.45) is 0 Å². The Hall–Kier alpha value is -0.610. The molecule has 2 aromatic rings. The largest absolute Gasteiger partial charge is 1.00 e. The fraction of sp³-hybridized carbons (Fsp3) is 0. The summed E-state index contributed by atoms with van der Waals surface area (Å²) in [5.74, 6) is 0.111. The van der Waals surface area contributed by atoms with Crippen LogP contribution >= 0.6 is 23.2 Å². The molecule has 0 saturated heterocycles. The molecule has 0 atom stereocenters. The van der Waals surface area contributed by atoms with Crippen molar-refractivity contribution in [3.05, 3.63) is 34.6 Å². The molecular formula is C10H7Cl2N4NaO3S. The van der Waals surface area contributed by atoms with Gasteiger partial charge in [-0.3, -0.25) is 0 Å².